The molecule has 0 bridgehead atoms. The second-order valence-corrected chi connectivity index (χ2v) is 7.44. The third-order valence-electron chi connectivity index (χ3n) is 5.51. The van der Waals surface area contributed by atoms with Crippen molar-refractivity contribution in [3.63, 3.8) is 0 Å². The van der Waals surface area contributed by atoms with Crippen LogP contribution >= 0.6 is 0 Å². The van der Waals surface area contributed by atoms with E-state index in [1.165, 1.54) is 24.0 Å². The average Bonchev–Trinajstić information content (AvgIpc) is 3.14. The second kappa shape index (κ2) is 9.02. The minimum atomic E-state index is 0.282. The van der Waals surface area contributed by atoms with E-state index in [1.807, 2.05) is 6.20 Å². The van der Waals surface area contributed by atoms with Crippen LogP contribution in [0, 0.1) is 6.92 Å². The lowest BCUT2D eigenvalue weighted by Crippen LogP contribution is -2.39. The standard InChI is InChI=1S/C22H31N3O/c1-3-4-14-24-16-13-23-22(24)20-10-7-15-25(17-20)21(26)12-11-19-9-6-5-8-18(19)2/h5-6,8-9,13,16,20H,3-4,7,10-12,14-15,17H2,1-2H3/t20-/m0/s1. The Morgan fingerprint density at radius 1 is 1.31 bits per heavy atom. The maximum atomic E-state index is 12.8. The molecular formula is C22H31N3O. The van der Waals surface area contributed by atoms with Crippen molar-refractivity contribution in [2.75, 3.05) is 13.1 Å². The summed E-state index contributed by atoms with van der Waals surface area (Å²) in [5, 5.41) is 0. The molecule has 4 heteroatoms. The van der Waals surface area contributed by atoms with Crippen LogP contribution in [-0.2, 0) is 17.8 Å². The van der Waals surface area contributed by atoms with Gasteiger partial charge in [0.05, 0.1) is 0 Å². The maximum absolute atomic E-state index is 12.8. The zero-order chi connectivity index (χ0) is 18.4. The van der Waals surface area contributed by atoms with Gasteiger partial charge in [0.1, 0.15) is 5.82 Å². The van der Waals surface area contributed by atoms with Gasteiger partial charge in [-0.25, -0.2) is 4.98 Å². The Balaban J connectivity index is 1.59. The number of nitrogens with zero attached hydrogens (tertiary/aromatic N) is 3. The first kappa shape index (κ1) is 18.7. The van der Waals surface area contributed by atoms with Gasteiger partial charge in [-0.15, -0.1) is 0 Å². The molecule has 1 aliphatic rings. The number of imidazole rings is 1. The molecule has 140 valence electrons. The Morgan fingerprint density at radius 2 is 2.15 bits per heavy atom. The van der Waals surface area contributed by atoms with Gasteiger partial charge in [-0.2, -0.15) is 0 Å². The number of carbonyl (C=O) groups excluding carboxylic acids is 1. The lowest BCUT2D eigenvalue weighted by molar-refractivity contribution is -0.132. The number of aromatic nitrogens is 2. The molecule has 2 heterocycles. The molecule has 1 atom stereocenters. The predicted octanol–water partition coefficient (Wildman–Crippen LogP) is 4.33. The maximum Gasteiger partial charge on any atom is 0.222 e. The van der Waals surface area contributed by atoms with E-state index in [9.17, 15) is 4.79 Å². The van der Waals surface area contributed by atoms with E-state index in [0.717, 1.165) is 44.7 Å². The fourth-order valence-corrected chi connectivity index (χ4v) is 3.90. The van der Waals surface area contributed by atoms with Crippen LogP contribution in [0.5, 0.6) is 0 Å². The molecule has 1 aromatic heterocycles. The highest BCUT2D eigenvalue weighted by atomic mass is 16.2. The zero-order valence-corrected chi connectivity index (χ0v) is 16.2. The summed E-state index contributed by atoms with van der Waals surface area (Å²) in [5.74, 6) is 1.82. The van der Waals surface area contributed by atoms with Gasteiger partial charge in [0.2, 0.25) is 5.91 Å². The summed E-state index contributed by atoms with van der Waals surface area (Å²) in [6.45, 7) is 7.07. The van der Waals surface area contributed by atoms with Crippen LogP contribution in [0.1, 0.15) is 61.9 Å². The number of likely N-dealkylation sites (tertiary alicyclic amines) is 1. The van der Waals surface area contributed by atoms with E-state index in [-0.39, 0.29) is 5.91 Å². The number of piperidine rings is 1. The third-order valence-corrected chi connectivity index (χ3v) is 5.51. The fraction of sp³-hybridized carbons (Fsp3) is 0.545. The highest BCUT2D eigenvalue weighted by Gasteiger charge is 2.27. The Kier molecular flexibility index (Phi) is 6.48. The van der Waals surface area contributed by atoms with Crippen molar-refractivity contribution in [1.29, 1.82) is 0 Å². The number of amides is 1. The van der Waals surface area contributed by atoms with Crippen LogP contribution in [0.3, 0.4) is 0 Å². The van der Waals surface area contributed by atoms with Crippen molar-refractivity contribution in [2.24, 2.45) is 0 Å². The Hall–Kier alpha value is -2.10. The van der Waals surface area contributed by atoms with Crippen molar-refractivity contribution < 1.29 is 4.79 Å². The molecule has 0 unspecified atom stereocenters. The first-order valence-corrected chi connectivity index (χ1v) is 10.0. The third kappa shape index (κ3) is 4.54. The molecule has 1 fully saturated rings. The van der Waals surface area contributed by atoms with Gasteiger partial charge >= 0.3 is 0 Å². The zero-order valence-electron chi connectivity index (χ0n) is 16.2. The Morgan fingerprint density at radius 3 is 2.96 bits per heavy atom. The summed E-state index contributed by atoms with van der Waals surface area (Å²) < 4.78 is 2.29. The molecule has 3 rings (SSSR count). The molecule has 1 saturated heterocycles. The minimum Gasteiger partial charge on any atom is -0.342 e. The molecule has 26 heavy (non-hydrogen) atoms. The van der Waals surface area contributed by atoms with Crippen LogP contribution in [0.4, 0.5) is 0 Å². The molecule has 0 N–H and O–H groups in total. The van der Waals surface area contributed by atoms with Gasteiger partial charge in [0.25, 0.3) is 0 Å². The summed E-state index contributed by atoms with van der Waals surface area (Å²) in [5.41, 5.74) is 2.55. The van der Waals surface area contributed by atoms with E-state index in [1.54, 1.807) is 0 Å². The van der Waals surface area contributed by atoms with Crippen molar-refractivity contribution in [2.45, 2.75) is 64.8 Å². The summed E-state index contributed by atoms with van der Waals surface area (Å²) in [7, 11) is 0. The molecule has 0 radical (unpaired) electrons. The first-order chi connectivity index (χ1) is 12.7. The molecule has 2 aromatic rings. The van der Waals surface area contributed by atoms with Crippen LogP contribution < -0.4 is 0 Å². The number of unbranched alkanes of at least 4 members (excludes halogenated alkanes) is 1. The average molecular weight is 354 g/mol. The van der Waals surface area contributed by atoms with E-state index >= 15 is 0 Å². The highest BCUT2D eigenvalue weighted by Crippen LogP contribution is 2.26. The van der Waals surface area contributed by atoms with Gasteiger partial charge in [-0.1, -0.05) is 37.6 Å². The Labute approximate surface area is 157 Å². The minimum absolute atomic E-state index is 0.282. The van der Waals surface area contributed by atoms with E-state index in [4.69, 9.17) is 0 Å². The summed E-state index contributed by atoms with van der Waals surface area (Å²) in [6, 6.07) is 8.36. The highest BCUT2D eigenvalue weighted by molar-refractivity contribution is 5.76. The number of rotatable bonds is 7. The number of hydrogen-bond acceptors (Lipinski definition) is 2. The van der Waals surface area contributed by atoms with Crippen molar-refractivity contribution in [1.82, 2.24) is 14.5 Å². The van der Waals surface area contributed by atoms with Crippen LogP contribution in [0.15, 0.2) is 36.7 Å². The van der Waals surface area contributed by atoms with E-state index in [2.05, 4.69) is 58.8 Å². The normalized spacial score (nSPS) is 17.5. The van der Waals surface area contributed by atoms with Crippen molar-refractivity contribution in [3.05, 3.63) is 53.6 Å². The molecule has 1 aliphatic heterocycles. The van der Waals surface area contributed by atoms with Gasteiger partial charge in [0, 0.05) is 44.4 Å². The van der Waals surface area contributed by atoms with Gasteiger partial charge in [-0.3, -0.25) is 4.79 Å². The van der Waals surface area contributed by atoms with Crippen molar-refractivity contribution in [3.8, 4) is 0 Å². The molecular weight excluding hydrogens is 322 g/mol. The van der Waals surface area contributed by atoms with Gasteiger partial charge < -0.3 is 9.47 Å². The first-order valence-electron chi connectivity index (χ1n) is 10.0. The molecule has 1 aromatic carbocycles. The number of hydrogen-bond donors (Lipinski definition) is 0. The molecule has 0 aliphatic carbocycles. The summed E-state index contributed by atoms with van der Waals surface area (Å²) in [6.07, 6.45) is 9.99. The monoisotopic (exact) mass is 353 g/mol. The smallest absolute Gasteiger partial charge is 0.222 e. The lowest BCUT2D eigenvalue weighted by atomic mass is 9.96. The Bertz CT molecular complexity index is 722. The summed E-state index contributed by atoms with van der Waals surface area (Å²) in [4.78, 5) is 19.4. The topological polar surface area (TPSA) is 38.1 Å². The van der Waals surface area contributed by atoms with Gasteiger partial charge in [0.15, 0.2) is 0 Å². The second-order valence-electron chi connectivity index (χ2n) is 7.44. The van der Waals surface area contributed by atoms with Crippen LogP contribution in [0.25, 0.3) is 0 Å². The SMILES string of the molecule is CCCCn1ccnc1[C@H]1CCCN(C(=O)CCc2ccccc2C)C1. The number of aryl methyl sites for hydroxylation is 3. The number of carbonyl (C=O) groups is 1. The molecule has 0 spiro atoms. The molecule has 0 saturated carbocycles. The van der Waals surface area contributed by atoms with Crippen LogP contribution in [-0.4, -0.2) is 33.4 Å². The predicted molar refractivity (Wildman–Crippen MR) is 105 cm³/mol. The molecule has 4 nitrogen and oxygen atoms in total. The summed E-state index contributed by atoms with van der Waals surface area (Å²) >= 11 is 0. The fourth-order valence-electron chi connectivity index (χ4n) is 3.90. The quantitative estimate of drug-likeness (QED) is 0.743. The van der Waals surface area contributed by atoms with Crippen molar-refractivity contribution >= 4 is 5.91 Å². The van der Waals surface area contributed by atoms with E-state index < -0.39 is 0 Å². The lowest BCUT2D eigenvalue weighted by Gasteiger charge is -2.33. The van der Waals surface area contributed by atoms with Crippen LogP contribution in [0.2, 0.25) is 0 Å². The molecule has 1 amide bonds. The van der Waals surface area contributed by atoms with E-state index in [0.29, 0.717) is 12.3 Å². The largest absolute Gasteiger partial charge is 0.342 e. The number of benzene rings is 1. The van der Waals surface area contributed by atoms with Gasteiger partial charge in [-0.05, 0) is 43.7 Å².